The Labute approximate surface area is 158 Å². The van der Waals surface area contributed by atoms with Crippen LogP contribution in [0.4, 0.5) is 0 Å². The van der Waals surface area contributed by atoms with Gasteiger partial charge in [-0.3, -0.25) is 20.4 Å². The van der Waals surface area contributed by atoms with Crippen LogP contribution in [0.5, 0.6) is 0 Å². The van der Waals surface area contributed by atoms with Crippen LogP contribution in [0.25, 0.3) is 5.69 Å². The van der Waals surface area contributed by atoms with Gasteiger partial charge in [0, 0.05) is 5.56 Å². The fraction of sp³-hybridized carbons (Fsp3) is 0.0625. The number of tetrazole rings is 1. The largest absolute Gasteiger partial charge is 0.273 e. The average molecular weight is 391 g/mol. The van der Waals surface area contributed by atoms with E-state index in [0.717, 1.165) is 0 Å². The van der Waals surface area contributed by atoms with E-state index in [4.69, 9.17) is 23.2 Å². The molecule has 0 aliphatic carbocycles. The van der Waals surface area contributed by atoms with Crippen molar-refractivity contribution in [3.05, 3.63) is 70.0 Å². The minimum Gasteiger partial charge on any atom is -0.273 e. The number of hydrogen-bond acceptors (Lipinski definition) is 5. The van der Waals surface area contributed by atoms with Gasteiger partial charge in [0.1, 0.15) is 6.33 Å². The molecule has 10 heteroatoms. The van der Waals surface area contributed by atoms with E-state index in [1.54, 1.807) is 42.5 Å². The van der Waals surface area contributed by atoms with Gasteiger partial charge in [-0.1, -0.05) is 29.3 Å². The standard InChI is InChI=1S/C16H12Cl2N6O2/c17-13-6-1-10(7-14(13)18)8-15(25)20-21-16(26)11-2-4-12(5-3-11)24-9-19-22-23-24/h1-7,9H,8H2,(H,20,25)(H,21,26). The van der Waals surface area contributed by atoms with Gasteiger partial charge in [-0.25, -0.2) is 4.68 Å². The predicted octanol–water partition coefficient (Wildman–Crippen LogP) is 1.97. The lowest BCUT2D eigenvalue weighted by molar-refractivity contribution is -0.121. The summed E-state index contributed by atoms with van der Waals surface area (Å²) in [5.41, 5.74) is 6.46. The molecule has 0 bridgehead atoms. The number of amides is 2. The lowest BCUT2D eigenvalue weighted by Crippen LogP contribution is -2.42. The summed E-state index contributed by atoms with van der Waals surface area (Å²) in [6.07, 6.45) is 1.49. The fourth-order valence-corrected chi connectivity index (χ4v) is 2.44. The van der Waals surface area contributed by atoms with E-state index in [2.05, 4.69) is 26.4 Å². The number of hydrazine groups is 1. The van der Waals surface area contributed by atoms with E-state index < -0.39 is 5.91 Å². The summed E-state index contributed by atoms with van der Waals surface area (Å²) in [4.78, 5) is 24.0. The molecule has 3 aromatic rings. The normalized spacial score (nSPS) is 10.4. The van der Waals surface area contributed by atoms with E-state index in [0.29, 0.717) is 26.9 Å². The lowest BCUT2D eigenvalue weighted by atomic mass is 10.1. The van der Waals surface area contributed by atoms with E-state index in [-0.39, 0.29) is 12.3 Å². The zero-order valence-electron chi connectivity index (χ0n) is 13.2. The Hall–Kier alpha value is -2.97. The van der Waals surface area contributed by atoms with Crippen molar-refractivity contribution in [3.63, 3.8) is 0 Å². The molecular formula is C16H12Cl2N6O2. The van der Waals surface area contributed by atoms with Crippen LogP contribution in [-0.4, -0.2) is 32.0 Å². The second kappa shape index (κ2) is 7.94. The third kappa shape index (κ3) is 4.35. The number of carbonyl (C=O) groups excluding carboxylic acids is 2. The monoisotopic (exact) mass is 390 g/mol. The molecule has 0 spiro atoms. The van der Waals surface area contributed by atoms with Crippen LogP contribution >= 0.6 is 23.2 Å². The summed E-state index contributed by atoms with van der Waals surface area (Å²) in [5.74, 6) is -0.835. The maximum atomic E-state index is 12.1. The SMILES string of the molecule is O=C(Cc1ccc(Cl)c(Cl)c1)NNC(=O)c1ccc(-n2cnnn2)cc1. The minimum atomic E-state index is -0.448. The molecule has 0 fully saturated rings. The highest BCUT2D eigenvalue weighted by Crippen LogP contribution is 2.22. The topological polar surface area (TPSA) is 102 Å². The number of hydrogen-bond donors (Lipinski definition) is 2. The van der Waals surface area contributed by atoms with Crippen molar-refractivity contribution in [3.8, 4) is 5.69 Å². The van der Waals surface area contributed by atoms with Gasteiger partial charge >= 0.3 is 0 Å². The Morgan fingerprint density at radius 3 is 2.42 bits per heavy atom. The molecule has 0 saturated carbocycles. The first kappa shape index (κ1) is 17.8. The number of nitrogens with zero attached hydrogens (tertiary/aromatic N) is 4. The van der Waals surface area contributed by atoms with Gasteiger partial charge in [0.15, 0.2) is 0 Å². The third-order valence-corrected chi connectivity index (χ3v) is 4.15. The highest BCUT2D eigenvalue weighted by molar-refractivity contribution is 6.42. The number of aromatic nitrogens is 4. The van der Waals surface area contributed by atoms with Crippen LogP contribution in [0.3, 0.4) is 0 Å². The summed E-state index contributed by atoms with van der Waals surface area (Å²) in [6.45, 7) is 0. The molecule has 0 aliphatic rings. The van der Waals surface area contributed by atoms with Crippen LogP contribution in [0.1, 0.15) is 15.9 Å². The average Bonchev–Trinajstić information content (AvgIpc) is 3.18. The molecule has 3 rings (SSSR count). The van der Waals surface area contributed by atoms with E-state index in [9.17, 15) is 9.59 Å². The van der Waals surface area contributed by atoms with Crippen LogP contribution < -0.4 is 10.9 Å². The highest BCUT2D eigenvalue weighted by atomic mass is 35.5. The minimum absolute atomic E-state index is 0.0510. The Morgan fingerprint density at radius 2 is 1.77 bits per heavy atom. The third-order valence-electron chi connectivity index (χ3n) is 3.41. The molecule has 8 nitrogen and oxygen atoms in total. The van der Waals surface area contributed by atoms with Crippen molar-refractivity contribution in [2.45, 2.75) is 6.42 Å². The first-order valence-electron chi connectivity index (χ1n) is 7.39. The molecular weight excluding hydrogens is 379 g/mol. The van der Waals surface area contributed by atoms with Gasteiger partial charge < -0.3 is 0 Å². The van der Waals surface area contributed by atoms with Gasteiger partial charge in [0.05, 0.1) is 22.2 Å². The van der Waals surface area contributed by atoms with Crippen LogP contribution in [0.2, 0.25) is 10.0 Å². The van der Waals surface area contributed by atoms with Crippen LogP contribution in [-0.2, 0) is 11.2 Å². The first-order valence-corrected chi connectivity index (χ1v) is 8.15. The molecule has 1 aromatic heterocycles. The molecule has 0 radical (unpaired) electrons. The number of benzene rings is 2. The maximum absolute atomic E-state index is 12.1. The number of rotatable bonds is 4. The van der Waals surface area contributed by atoms with Gasteiger partial charge in [-0.05, 0) is 52.4 Å². The molecule has 0 aliphatic heterocycles. The first-order chi connectivity index (χ1) is 12.5. The van der Waals surface area contributed by atoms with Crippen LogP contribution in [0, 0.1) is 0 Å². The number of halogens is 2. The molecule has 2 N–H and O–H groups in total. The number of carbonyl (C=O) groups is 2. The molecule has 0 atom stereocenters. The Bertz CT molecular complexity index is 928. The second-order valence-corrected chi connectivity index (χ2v) is 6.04. The van der Waals surface area contributed by atoms with Crippen molar-refractivity contribution in [2.24, 2.45) is 0 Å². The lowest BCUT2D eigenvalue weighted by Gasteiger charge is -2.08. The summed E-state index contributed by atoms with van der Waals surface area (Å²) < 4.78 is 1.46. The van der Waals surface area contributed by atoms with Crippen molar-refractivity contribution >= 4 is 35.0 Å². The van der Waals surface area contributed by atoms with Crippen molar-refractivity contribution < 1.29 is 9.59 Å². The number of nitrogens with one attached hydrogen (secondary N) is 2. The molecule has 0 saturated heterocycles. The molecule has 0 unspecified atom stereocenters. The summed E-state index contributed by atoms with van der Waals surface area (Å²) in [5, 5.41) is 11.6. The fourth-order valence-electron chi connectivity index (χ4n) is 2.12. The Balaban J connectivity index is 1.54. The summed E-state index contributed by atoms with van der Waals surface area (Å²) in [6, 6.07) is 11.5. The van der Waals surface area contributed by atoms with Crippen molar-refractivity contribution in [2.75, 3.05) is 0 Å². The predicted molar refractivity (Wildman–Crippen MR) is 94.9 cm³/mol. The van der Waals surface area contributed by atoms with Crippen LogP contribution in [0.15, 0.2) is 48.8 Å². The molecule has 2 aromatic carbocycles. The molecule has 1 heterocycles. The van der Waals surface area contributed by atoms with E-state index in [1.807, 2.05) is 0 Å². The zero-order chi connectivity index (χ0) is 18.5. The Kier molecular flexibility index (Phi) is 5.45. The smallest absolute Gasteiger partial charge is 0.269 e. The van der Waals surface area contributed by atoms with Crippen molar-refractivity contribution in [1.29, 1.82) is 0 Å². The van der Waals surface area contributed by atoms with E-state index in [1.165, 1.54) is 11.0 Å². The van der Waals surface area contributed by atoms with Crippen molar-refractivity contribution in [1.82, 2.24) is 31.1 Å². The van der Waals surface area contributed by atoms with Gasteiger partial charge in [0.25, 0.3) is 5.91 Å². The zero-order valence-corrected chi connectivity index (χ0v) is 14.7. The Morgan fingerprint density at radius 1 is 1.00 bits per heavy atom. The molecule has 132 valence electrons. The molecule has 2 amide bonds. The highest BCUT2D eigenvalue weighted by Gasteiger charge is 2.09. The van der Waals surface area contributed by atoms with Gasteiger partial charge in [0.2, 0.25) is 5.91 Å². The van der Waals surface area contributed by atoms with E-state index >= 15 is 0 Å². The second-order valence-electron chi connectivity index (χ2n) is 5.23. The maximum Gasteiger partial charge on any atom is 0.269 e. The quantitative estimate of drug-likeness (QED) is 0.663. The summed E-state index contributed by atoms with van der Waals surface area (Å²) in [7, 11) is 0. The van der Waals surface area contributed by atoms with Gasteiger partial charge in [-0.15, -0.1) is 5.10 Å². The van der Waals surface area contributed by atoms with Gasteiger partial charge in [-0.2, -0.15) is 0 Å². The molecule has 26 heavy (non-hydrogen) atoms. The summed E-state index contributed by atoms with van der Waals surface area (Å²) >= 11 is 11.7.